The normalized spacial score (nSPS) is 10.6. The fourth-order valence-electron chi connectivity index (χ4n) is 2.23. The highest BCUT2D eigenvalue weighted by atomic mass is 16.4. The van der Waals surface area contributed by atoms with Crippen molar-refractivity contribution in [2.24, 2.45) is 0 Å². The summed E-state index contributed by atoms with van der Waals surface area (Å²) >= 11 is 0. The fraction of sp³-hybridized carbons (Fsp3) is 0.125. The van der Waals surface area contributed by atoms with Gasteiger partial charge in [0.25, 0.3) is 0 Å². The predicted molar refractivity (Wildman–Crippen MR) is 80.5 cm³/mol. The van der Waals surface area contributed by atoms with Crippen molar-refractivity contribution in [3.05, 3.63) is 65.6 Å². The summed E-state index contributed by atoms with van der Waals surface area (Å²) in [4.78, 5) is 15.3. The number of carboxylic acids is 1. The largest absolute Gasteiger partial charge is 0.476 e. The molecule has 0 saturated carbocycles. The van der Waals surface area contributed by atoms with Crippen molar-refractivity contribution in [3.63, 3.8) is 0 Å². The van der Waals surface area contributed by atoms with Crippen LogP contribution in [0.5, 0.6) is 0 Å². The van der Waals surface area contributed by atoms with E-state index in [9.17, 15) is 9.90 Å². The van der Waals surface area contributed by atoms with Gasteiger partial charge in [0.05, 0.1) is 6.54 Å². The number of carbonyl (C=O) groups is 1. The van der Waals surface area contributed by atoms with Crippen LogP contribution in [-0.2, 0) is 6.54 Å². The molecule has 0 aliphatic rings. The molecule has 6 heteroatoms. The van der Waals surface area contributed by atoms with E-state index in [1.807, 2.05) is 31.2 Å². The van der Waals surface area contributed by atoms with Crippen LogP contribution in [0.1, 0.15) is 21.6 Å². The second kappa shape index (κ2) is 5.77. The molecule has 0 radical (unpaired) electrons. The zero-order valence-electron chi connectivity index (χ0n) is 12.0. The Hall–Kier alpha value is -3.02. The molecule has 0 aliphatic carbocycles. The minimum absolute atomic E-state index is 0.0571. The van der Waals surface area contributed by atoms with Gasteiger partial charge in [-0.2, -0.15) is 0 Å². The first-order valence-electron chi connectivity index (χ1n) is 6.78. The average Bonchev–Trinajstić information content (AvgIpc) is 2.94. The summed E-state index contributed by atoms with van der Waals surface area (Å²) in [6.45, 7) is 2.47. The maximum Gasteiger partial charge on any atom is 0.358 e. The van der Waals surface area contributed by atoms with Crippen molar-refractivity contribution in [2.75, 3.05) is 0 Å². The number of benzene rings is 1. The lowest BCUT2D eigenvalue weighted by molar-refractivity contribution is 0.0691. The molecule has 0 unspecified atom stereocenters. The summed E-state index contributed by atoms with van der Waals surface area (Å²) < 4.78 is 1.60. The molecule has 0 spiro atoms. The minimum Gasteiger partial charge on any atom is -0.476 e. The van der Waals surface area contributed by atoms with E-state index in [-0.39, 0.29) is 5.69 Å². The monoisotopic (exact) mass is 294 g/mol. The summed E-state index contributed by atoms with van der Waals surface area (Å²) in [7, 11) is 0. The van der Waals surface area contributed by atoms with Crippen LogP contribution in [-0.4, -0.2) is 31.1 Å². The Balaban J connectivity index is 2.05. The highest BCUT2D eigenvalue weighted by Crippen LogP contribution is 2.22. The molecule has 6 nitrogen and oxygen atoms in total. The molecule has 3 rings (SSSR count). The standard InChI is InChI=1S/C16H14N4O2/c1-11-2-4-12(5-3-11)10-20-15(13-6-8-17-9-7-13)14(16(21)22)18-19-20/h2-9H,10H2,1H3,(H,21,22). The summed E-state index contributed by atoms with van der Waals surface area (Å²) in [5, 5.41) is 17.1. The van der Waals surface area contributed by atoms with E-state index in [1.54, 1.807) is 29.2 Å². The lowest BCUT2D eigenvalue weighted by Gasteiger charge is -2.07. The zero-order valence-corrected chi connectivity index (χ0v) is 12.0. The number of aryl methyl sites for hydroxylation is 1. The molecule has 0 bridgehead atoms. The third-order valence-corrected chi connectivity index (χ3v) is 3.34. The highest BCUT2D eigenvalue weighted by molar-refractivity contribution is 5.92. The molecule has 1 aromatic carbocycles. The topological polar surface area (TPSA) is 80.9 Å². The van der Waals surface area contributed by atoms with E-state index in [0.717, 1.165) is 11.1 Å². The summed E-state index contributed by atoms with van der Waals surface area (Å²) in [5.74, 6) is -1.10. The third-order valence-electron chi connectivity index (χ3n) is 3.34. The van der Waals surface area contributed by atoms with Crippen molar-refractivity contribution in [3.8, 4) is 11.3 Å². The van der Waals surface area contributed by atoms with Crippen molar-refractivity contribution in [2.45, 2.75) is 13.5 Å². The quantitative estimate of drug-likeness (QED) is 0.799. The van der Waals surface area contributed by atoms with Crippen LogP contribution in [0.25, 0.3) is 11.3 Å². The van der Waals surface area contributed by atoms with Gasteiger partial charge in [-0.3, -0.25) is 4.98 Å². The van der Waals surface area contributed by atoms with Gasteiger partial charge in [-0.25, -0.2) is 9.48 Å². The number of pyridine rings is 1. The van der Waals surface area contributed by atoms with Crippen LogP contribution < -0.4 is 0 Å². The van der Waals surface area contributed by atoms with Crippen LogP contribution in [0.2, 0.25) is 0 Å². The van der Waals surface area contributed by atoms with Crippen molar-refractivity contribution in [1.82, 2.24) is 20.0 Å². The number of carboxylic acid groups (broad SMARTS) is 1. The first kappa shape index (κ1) is 13.9. The molecule has 2 heterocycles. The maximum atomic E-state index is 11.4. The summed E-state index contributed by atoms with van der Waals surface area (Å²) in [5.41, 5.74) is 3.35. The van der Waals surface area contributed by atoms with Crippen molar-refractivity contribution < 1.29 is 9.90 Å². The van der Waals surface area contributed by atoms with Crippen LogP contribution in [0.3, 0.4) is 0 Å². The van der Waals surface area contributed by atoms with Gasteiger partial charge in [-0.15, -0.1) is 5.10 Å². The van der Waals surface area contributed by atoms with Crippen LogP contribution >= 0.6 is 0 Å². The highest BCUT2D eigenvalue weighted by Gasteiger charge is 2.20. The zero-order chi connectivity index (χ0) is 15.5. The predicted octanol–water partition coefficient (Wildman–Crippen LogP) is 2.40. The summed E-state index contributed by atoms with van der Waals surface area (Å²) in [6, 6.07) is 11.5. The average molecular weight is 294 g/mol. The smallest absolute Gasteiger partial charge is 0.358 e. The molecule has 0 saturated heterocycles. The second-order valence-electron chi connectivity index (χ2n) is 4.97. The molecule has 3 aromatic rings. The molecular formula is C16H14N4O2. The van der Waals surface area contributed by atoms with Gasteiger partial charge in [0.15, 0.2) is 5.69 Å². The van der Waals surface area contributed by atoms with Crippen molar-refractivity contribution >= 4 is 5.97 Å². The van der Waals surface area contributed by atoms with E-state index in [4.69, 9.17) is 0 Å². The first-order valence-corrected chi connectivity index (χ1v) is 6.78. The van der Waals surface area contributed by atoms with Gasteiger partial charge in [0, 0.05) is 18.0 Å². The van der Waals surface area contributed by atoms with E-state index in [1.165, 1.54) is 5.56 Å². The van der Waals surface area contributed by atoms with Gasteiger partial charge in [0.2, 0.25) is 0 Å². The number of hydrogen-bond acceptors (Lipinski definition) is 4. The van der Waals surface area contributed by atoms with Gasteiger partial charge in [-0.05, 0) is 24.6 Å². The Labute approximate surface area is 127 Å². The van der Waals surface area contributed by atoms with Crippen LogP contribution in [0, 0.1) is 6.92 Å². The van der Waals surface area contributed by atoms with E-state index in [2.05, 4.69) is 15.3 Å². The minimum atomic E-state index is -1.10. The SMILES string of the molecule is Cc1ccc(Cn2nnc(C(=O)O)c2-c2ccncc2)cc1. The number of nitrogens with zero attached hydrogens (tertiary/aromatic N) is 4. The molecular weight excluding hydrogens is 280 g/mol. The van der Waals surface area contributed by atoms with E-state index < -0.39 is 5.97 Å². The summed E-state index contributed by atoms with van der Waals surface area (Å²) in [6.07, 6.45) is 3.23. The lowest BCUT2D eigenvalue weighted by Crippen LogP contribution is -2.06. The molecule has 22 heavy (non-hydrogen) atoms. The van der Waals surface area contributed by atoms with Crippen molar-refractivity contribution in [1.29, 1.82) is 0 Å². The Morgan fingerprint density at radius 1 is 1.14 bits per heavy atom. The Morgan fingerprint density at radius 2 is 1.82 bits per heavy atom. The van der Waals surface area contributed by atoms with Gasteiger partial charge < -0.3 is 5.11 Å². The second-order valence-corrected chi connectivity index (χ2v) is 4.97. The molecule has 0 amide bonds. The molecule has 0 atom stereocenters. The van der Waals surface area contributed by atoms with E-state index in [0.29, 0.717) is 12.2 Å². The molecule has 1 N–H and O–H groups in total. The Bertz CT molecular complexity index is 795. The number of hydrogen-bond donors (Lipinski definition) is 1. The Morgan fingerprint density at radius 3 is 2.45 bits per heavy atom. The maximum absolute atomic E-state index is 11.4. The lowest BCUT2D eigenvalue weighted by atomic mass is 10.1. The van der Waals surface area contributed by atoms with Gasteiger partial charge in [0.1, 0.15) is 5.69 Å². The molecule has 2 aromatic heterocycles. The number of aromatic nitrogens is 4. The number of rotatable bonds is 4. The number of aromatic carboxylic acids is 1. The molecule has 0 fully saturated rings. The van der Waals surface area contributed by atoms with Crippen LogP contribution in [0.4, 0.5) is 0 Å². The van der Waals surface area contributed by atoms with Crippen LogP contribution in [0.15, 0.2) is 48.8 Å². The molecule has 0 aliphatic heterocycles. The first-order chi connectivity index (χ1) is 10.6. The van der Waals surface area contributed by atoms with E-state index >= 15 is 0 Å². The molecule has 110 valence electrons. The third kappa shape index (κ3) is 2.71. The fourth-order valence-corrected chi connectivity index (χ4v) is 2.23. The Kier molecular flexibility index (Phi) is 3.65. The van der Waals surface area contributed by atoms with Gasteiger partial charge >= 0.3 is 5.97 Å². The van der Waals surface area contributed by atoms with Gasteiger partial charge in [-0.1, -0.05) is 35.0 Å².